The lowest BCUT2D eigenvalue weighted by Gasteiger charge is -2.10. The molecule has 0 spiro atoms. The van der Waals surface area contributed by atoms with E-state index in [-0.39, 0.29) is 0 Å². The third kappa shape index (κ3) is 3.19. The Morgan fingerprint density at radius 2 is 2.00 bits per heavy atom. The molecule has 1 rings (SSSR count). The molecule has 18 heavy (non-hydrogen) atoms. The van der Waals surface area contributed by atoms with E-state index < -0.39 is 8.07 Å². The van der Waals surface area contributed by atoms with Crippen LogP contribution in [0.2, 0.25) is 24.7 Å². The van der Waals surface area contributed by atoms with Crippen molar-refractivity contribution >= 4 is 25.4 Å². The first-order valence-electron chi connectivity index (χ1n) is 5.39. The van der Waals surface area contributed by atoms with E-state index >= 15 is 0 Å². The second kappa shape index (κ2) is 5.35. The summed E-state index contributed by atoms with van der Waals surface area (Å²) in [6, 6.07) is 3.54. The fraction of sp³-hybridized carbons (Fsp3) is 0.308. The van der Waals surface area contributed by atoms with E-state index in [0.29, 0.717) is 27.6 Å². The van der Waals surface area contributed by atoms with Crippen LogP contribution in [-0.2, 0) is 0 Å². The molecule has 0 saturated carbocycles. The third-order valence-corrected chi connectivity index (χ3v) is 3.44. The second-order valence-corrected chi connectivity index (χ2v) is 9.97. The summed E-state index contributed by atoms with van der Waals surface area (Å²) in [5.74, 6) is 3.42. The van der Waals surface area contributed by atoms with Crippen LogP contribution in [0.15, 0.2) is 6.07 Å². The Kier molecular flexibility index (Phi) is 4.29. The van der Waals surface area contributed by atoms with E-state index in [2.05, 4.69) is 31.1 Å². The van der Waals surface area contributed by atoms with Gasteiger partial charge in [-0.15, -0.1) is 5.54 Å². The summed E-state index contributed by atoms with van der Waals surface area (Å²) in [5, 5.41) is 9.30. The smallest absolute Gasteiger partial charge is 0.144 e. The van der Waals surface area contributed by atoms with E-state index in [1.54, 1.807) is 0 Å². The number of nitriles is 1. The van der Waals surface area contributed by atoms with Crippen LogP contribution >= 0.6 is 11.6 Å². The van der Waals surface area contributed by atoms with E-state index in [1.807, 2.05) is 6.07 Å². The molecule has 94 valence electrons. The van der Waals surface area contributed by atoms with Crippen LogP contribution in [0.1, 0.15) is 11.1 Å². The maximum atomic E-state index is 9.01. The summed E-state index contributed by atoms with van der Waals surface area (Å²) in [7, 11) is -0.0436. The molecule has 3 nitrogen and oxygen atoms in total. The molecule has 0 aliphatic carbocycles. The van der Waals surface area contributed by atoms with Crippen LogP contribution in [0.4, 0.5) is 5.69 Å². The maximum absolute atomic E-state index is 9.01. The van der Waals surface area contributed by atoms with Crippen molar-refractivity contribution in [1.29, 1.82) is 5.26 Å². The third-order valence-electron chi connectivity index (χ3n) is 2.17. The Morgan fingerprint density at radius 3 is 2.44 bits per heavy atom. The highest BCUT2D eigenvalue weighted by atomic mass is 35.5. The van der Waals surface area contributed by atoms with Gasteiger partial charge >= 0.3 is 0 Å². The largest absolute Gasteiger partial charge is 0.495 e. The minimum atomic E-state index is -1.54. The molecular formula is C13H15ClN2OSi. The molecule has 0 unspecified atom stereocenters. The summed E-state index contributed by atoms with van der Waals surface area (Å²) >= 11 is 6.13. The molecule has 0 heterocycles. The summed E-state index contributed by atoms with van der Waals surface area (Å²) in [6.45, 7) is 6.36. The van der Waals surface area contributed by atoms with Crippen LogP contribution < -0.4 is 10.5 Å². The van der Waals surface area contributed by atoms with Crippen LogP contribution in [0.5, 0.6) is 5.75 Å². The first kappa shape index (κ1) is 14.4. The number of hydrogen-bond donors (Lipinski definition) is 1. The van der Waals surface area contributed by atoms with Crippen molar-refractivity contribution < 1.29 is 4.74 Å². The van der Waals surface area contributed by atoms with E-state index in [4.69, 9.17) is 27.3 Å². The predicted molar refractivity (Wildman–Crippen MR) is 77.4 cm³/mol. The Hall–Kier alpha value is -1.62. The van der Waals surface area contributed by atoms with Crippen molar-refractivity contribution in [2.75, 3.05) is 12.8 Å². The molecule has 0 aliphatic rings. The van der Waals surface area contributed by atoms with E-state index in [1.165, 1.54) is 13.2 Å². The minimum absolute atomic E-state index is 0.293. The number of methoxy groups -OCH3 is 1. The van der Waals surface area contributed by atoms with Gasteiger partial charge in [-0.1, -0.05) is 37.2 Å². The predicted octanol–water partition coefficient (Wildman–Crippen LogP) is 3.03. The van der Waals surface area contributed by atoms with Crippen molar-refractivity contribution in [3.05, 3.63) is 22.2 Å². The Labute approximate surface area is 114 Å². The van der Waals surface area contributed by atoms with Crippen molar-refractivity contribution in [3.8, 4) is 23.3 Å². The molecule has 0 bridgehead atoms. The molecule has 0 atom stereocenters. The zero-order valence-electron chi connectivity index (χ0n) is 10.9. The van der Waals surface area contributed by atoms with Crippen molar-refractivity contribution in [2.45, 2.75) is 19.6 Å². The molecule has 0 radical (unpaired) electrons. The quantitative estimate of drug-likeness (QED) is 0.488. The molecule has 1 aromatic rings. The number of nitrogens with zero attached hydrogens (tertiary/aromatic N) is 1. The van der Waals surface area contributed by atoms with Crippen molar-refractivity contribution in [1.82, 2.24) is 0 Å². The van der Waals surface area contributed by atoms with Gasteiger partial charge in [0, 0.05) is 6.07 Å². The van der Waals surface area contributed by atoms with Crippen molar-refractivity contribution in [2.24, 2.45) is 0 Å². The van der Waals surface area contributed by atoms with E-state index in [0.717, 1.165) is 0 Å². The Morgan fingerprint density at radius 1 is 1.39 bits per heavy atom. The Bertz CT molecular complexity index is 574. The lowest BCUT2D eigenvalue weighted by atomic mass is 10.1. The molecular weight excluding hydrogens is 264 g/mol. The van der Waals surface area contributed by atoms with Gasteiger partial charge < -0.3 is 10.5 Å². The molecule has 0 fully saturated rings. The maximum Gasteiger partial charge on any atom is 0.144 e. The number of ether oxygens (including phenoxy) is 1. The topological polar surface area (TPSA) is 59.0 Å². The molecule has 1 aromatic carbocycles. The van der Waals surface area contributed by atoms with Crippen LogP contribution in [-0.4, -0.2) is 15.2 Å². The lowest BCUT2D eigenvalue weighted by molar-refractivity contribution is 0.417. The second-order valence-electron chi connectivity index (χ2n) is 4.84. The van der Waals surface area contributed by atoms with Crippen LogP contribution in [0.25, 0.3) is 0 Å². The SMILES string of the molecule is COc1cc(C#N)c(Cl)c(C#C[Si](C)(C)C)c1N. The van der Waals surface area contributed by atoms with Gasteiger partial charge in [-0.25, -0.2) is 0 Å². The van der Waals surface area contributed by atoms with Gasteiger partial charge in [-0.3, -0.25) is 0 Å². The zero-order valence-corrected chi connectivity index (χ0v) is 12.6. The normalized spacial score (nSPS) is 10.2. The molecule has 5 heteroatoms. The van der Waals surface area contributed by atoms with Crippen LogP contribution in [0, 0.1) is 22.8 Å². The highest BCUT2D eigenvalue weighted by Gasteiger charge is 2.15. The van der Waals surface area contributed by atoms with Gasteiger partial charge in [0.15, 0.2) is 0 Å². The highest BCUT2D eigenvalue weighted by Crippen LogP contribution is 2.33. The number of anilines is 1. The average molecular weight is 279 g/mol. The van der Waals surface area contributed by atoms with Crippen molar-refractivity contribution in [3.63, 3.8) is 0 Å². The van der Waals surface area contributed by atoms with Gasteiger partial charge in [-0.05, 0) is 0 Å². The van der Waals surface area contributed by atoms with E-state index in [9.17, 15) is 0 Å². The average Bonchev–Trinajstić information content (AvgIpc) is 2.28. The highest BCUT2D eigenvalue weighted by molar-refractivity contribution is 6.83. The number of benzene rings is 1. The molecule has 2 N–H and O–H groups in total. The van der Waals surface area contributed by atoms with Crippen LogP contribution in [0.3, 0.4) is 0 Å². The number of halogens is 1. The number of hydrogen-bond acceptors (Lipinski definition) is 3. The first-order chi connectivity index (χ1) is 8.30. The van der Waals surface area contributed by atoms with Gasteiger partial charge in [0.25, 0.3) is 0 Å². The summed E-state index contributed by atoms with van der Waals surface area (Å²) < 4.78 is 5.12. The molecule has 0 aliphatic heterocycles. The van der Waals surface area contributed by atoms with Gasteiger partial charge in [0.05, 0.1) is 28.9 Å². The van der Waals surface area contributed by atoms with Gasteiger partial charge in [0.2, 0.25) is 0 Å². The van der Waals surface area contributed by atoms with Gasteiger partial charge in [-0.2, -0.15) is 5.26 Å². The lowest BCUT2D eigenvalue weighted by Crippen LogP contribution is -2.16. The fourth-order valence-corrected chi connectivity index (χ4v) is 2.02. The standard InChI is InChI=1S/C13H15ClN2OSi/c1-17-11-7-9(8-15)12(14)10(13(11)16)5-6-18(2,3)4/h7H,16H2,1-4H3. The number of nitrogen functional groups attached to an aromatic ring is 1. The minimum Gasteiger partial charge on any atom is -0.495 e. The monoisotopic (exact) mass is 278 g/mol. The summed E-state index contributed by atoms with van der Waals surface area (Å²) in [5.41, 5.74) is 10.3. The number of nitrogens with two attached hydrogens (primary N) is 1. The molecule has 0 saturated heterocycles. The summed E-state index contributed by atoms with van der Waals surface area (Å²) in [4.78, 5) is 0. The number of rotatable bonds is 1. The summed E-state index contributed by atoms with van der Waals surface area (Å²) in [6.07, 6.45) is 0. The molecule has 0 amide bonds. The molecule has 0 aromatic heterocycles. The Balaban J connectivity index is 3.51. The fourth-order valence-electron chi connectivity index (χ4n) is 1.27. The zero-order chi connectivity index (χ0) is 13.9. The first-order valence-corrected chi connectivity index (χ1v) is 9.27. The van der Waals surface area contributed by atoms with Gasteiger partial charge in [0.1, 0.15) is 19.9 Å².